The number of nitrogens with zero attached hydrogens (tertiary/aromatic N) is 3. The van der Waals surface area contributed by atoms with Gasteiger partial charge in [0.2, 0.25) is 5.91 Å². The summed E-state index contributed by atoms with van der Waals surface area (Å²) in [6.45, 7) is 1.60. The maximum absolute atomic E-state index is 13.9. The van der Waals surface area contributed by atoms with Gasteiger partial charge in [-0.2, -0.15) is 0 Å². The van der Waals surface area contributed by atoms with Crippen molar-refractivity contribution in [1.82, 2.24) is 14.5 Å². The highest BCUT2D eigenvalue weighted by molar-refractivity contribution is 5.89. The van der Waals surface area contributed by atoms with Crippen molar-refractivity contribution in [3.63, 3.8) is 0 Å². The molecule has 0 radical (unpaired) electrons. The van der Waals surface area contributed by atoms with Gasteiger partial charge in [0.1, 0.15) is 11.6 Å². The van der Waals surface area contributed by atoms with E-state index in [2.05, 4.69) is 0 Å². The van der Waals surface area contributed by atoms with Crippen LogP contribution in [0.2, 0.25) is 0 Å². The van der Waals surface area contributed by atoms with Crippen LogP contribution in [0.5, 0.6) is 5.75 Å². The summed E-state index contributed by atoms with van der Waals surface area (Å²) in [5, 5.41) is 0.636. The first-order chi connectivity index (χ1) is 15.1. The second-order valence-corrected chi connectivity index (χ2v) is 8.56. The van der Waals surface area contributed by atoms with Crippen LogP contribution in [0.4, 0.5) is 0 Å². The normalized spacial score (nSPS) is 17.9. The molecule has 1 fully saturated rings. The number of carbonyl (C=O) groups is 1. The van der Waals surface area contributed by atoms with Gasteiger partial charge in [-0.15, -0.1) is 0 Å². The Bertz CT molecular complexity index is 1180. The van der Waals surface area contributed by atoms with Crippen molar-refractivity contribution in [1.29, 1.82) is 0 Å². The molecule has 2 heterocycles. The van der Waals surface area contributed by atoms with Crippen LogP contribution >= 0.6 is 0 Å². The quantitative estimate of drug-likeness (QED) is 0.656. The number of carbonyl (C=O) groups excluding carboxylic acids is 1. The Hall–Kier alpha value is -3.15. The van der Waals surface area contributed by atoms with Gasteiger partial charge in [0.05, 0.1) is 23.4 Å². The van der Waals surface area contributed by atoms with E-state index in [1.807, 2.05) is 53.4 Å². The molecule has 1 saturated carbocycles. The Morgan fingerprint density at radius 2 is 1.74 bits per heavy atom. The third kappa shape index (κ3) is 3.30. The van der Waals surface area contributed by atoms with Gasteiger partial charge < -0.3 is 9.64 Å². The van der Waals surface area contributed by atoms with Gasteiger partial charge in [-0.1, -0.05) is 37.1 Å². The molecule has 31 heavy (non-hydrogen) atoms. The Morgan fingerprint density at radius 1 is 1.00 bits per heavy atom. The van der Waals surface area contributed by atoms with Crippen molar-refractivity contribution >= 4 is 16.8 Å². The topological polar surface area (TPSA) is 64.4 Å². The molecular formula is C25H27N3O3. The van der Waals surface area contributed by atoms with Crippen molar-refractivity contribution in [2.24, 2.45) is 0 Å². The number of methoxy groups -OCH3 is 1. The third-order valence-electron chi connectivity index (χ3n) is 6.94. The lowest BCUT2D eigenvalue weighted by molar-refractivity contribution is -0.137. The SMILES string of the molecule is COc1ccc(C2(C(=O)N3CCc4nc5ccccc5c(=O)n4CC3)CCCC2)cc1. The lowest BCUT2D eigenvalue weighted by Crippen LogP contribution is -2.46. The van der Waals surface area contributed by atoms with Gasteiger partial charge in [0, 0.05) is 26.1 Å². The van der Waals surface area contributed by atoms with E-state index in [0.29, 0.717) is 31.4 Å². The summed E-state index contributed by atoms with van der Waals surface area (Å²) in [4.78, 5) is 33.6. The highest BCUT2D eigenvalue weighted by Crippen LogP contribution is 2.43. The standard InChI is InChI=1S/C25H27N3O3/c1-31-19-10-8-18(9-11-19)25(13-4-5-14-25)24(30)27-15-12-22-26-21-7-3-2-6-20(21)23(29)28(22)17-16-27/h2-3,6-11H,4-5,12-17H2,1H3. The monoisotopic (exact) mass is 417 g/mol. The maximum Gasteiger partial charge on any atom is 0.261 e. The lowest BCUT2D eigenvalue weighted by atomic mass is 9.77. The van der Waals surface area contributed by atoms with Gasteiger partial charge >= 0.3 is 0 Å². The van der Waals surface area contributed by atoms with Gasteiger partial charge in [0.25, 0.3) is 5.56 Å². The number of rotatable bonds is 3. The Labute approximate surface area is 181 Å². The largest absolute Gasteiger partial charge is 0.497 e. The lowest BCUT2D eigenvalue weighted by Gasteiger charge is -2.34. The number of hydrogen-bond acceptors (Lipinski definition) is 4. The van der Waals surface area contributed by atoms with E-state index >= 15 is 0 Å². The third-order valence-corrected chi connectivity index (χ3v) is 6.94. The summed E-state index contributed by atoms with van der Waals surface area (Å²) < 4.78 is 7.06. The first-order valence-electron chi connectivity index (χ1n) is 11.0. The molecule has 0 saturated heterocycles. The fourth-order valence-electron chi connectivity index (χ4n) is 5.22. The molecule has 0 spiro atoms. The highest BCUT2D eigenvalue weighted by atomic mass is 16.5. The van der Waals surface area contributed by atoms with E-state index in [9.17, 15) is 9.59 Å². The molecule has 2 aromatic carbocycles. The molecular weight excluding hydrogens is 390 g/mol. The predicted molar refractivity (Wildman–Crippen MR) is 119 cm³/mol. The molecule has 1 amide bonds. The predicted octanol–water partition coefficient (Wildman–Crippen LogP) is 3.30. The van der Waals surface area contributed by atoms with E-state index in [0.717, 1.165) is 48.3 Å². The van der Waals surface area contributed by atoms with E-state index in [4.69, 9.17) is 9.72 Å². The van der Waals surface area contributed by atoms with Crippen LogP contribution in [0.25, 0.3) is 10.9 Å². The molecule has 0 bridgehead atoms. The van der Waals surface area contributed by atoms with Crippen molar-refractivity contribution in [3.8, 4) is 5.75 Å². The van der Waals surface area contributed by atoms with Crippen LogP contribution in [0, 0.1) is 0 Å². The van der Waals surface area contributed by atoms with E-state index in [-0.39, 0.29) is 11.5 Å². The van der Waals surface area contributed by atoms with E-state index < -0.39 is 5.41 Å². The molecule has 0 atom stereocenters. The summed E-state index contributed by atoms with van der Waals surface area (Å²) in [6.07, 6.45) is 4.42. The molecule has 3 aromatic rings. The van der Waals surface area contributed by atoms with E-state index in [1.54, 1.807) is 11.7 Å². The zero-order chi connectivity index (χ0) is 21.4. The van der Waals surface area contributed by atoms with Crippen molar-refractivity contribution < 1.29 is 9.53 Å². The molecule has 0 N–H and O–H groups in total. The summed E-state index contributed by atoms with van der Waals surface area (Å²) in [5.41, 5.74) is 1.30. The minimum atomic E-state index is -0.480. The van der Waals surface area contributed by atoms with Crippen LogP contribution in [0.1, 0.15) is 37.1 Å². The summed E-state index contributed by atoms with van der Waals surface area (Å²) >= 11 is 0. The number of benzene rings is 2. The second-order valence-electron chi connectivity index (χ2n) is 8.56. The Balaban J connectivity index is 1.45. The summed E-state index contributed by atoms with van der Waals surface area (Å²) in [6, 6.07) is 15.4. The molecule has 160 valence electrons. The first kappa shape index (κ1) is 19.8. The maximum atomic E-state index is 13.9. The number of aromatic nitrogens is 2. The molecule has 0 unspecified atom stereocenters. The Kier molecular flexibility index (Phi) is 5.00. The summed E-state index contributed by atoms with van der Waals surface area (Å²) in [5.74, 6) is 1.75. The van der Waals surface area contributed by atoms with Crippen molar-refractivity contribution in [2.75, 3.05) is 20.2 Å². The zero-order valence-corrected chi connectivity index (χ0v) is 17.8. The van der Waals surface area contributed by atoms with Crippen molar-refractivity contribution in [3.05, 3.63) is 70.3 Å². The zero-order valence-electron chi connectivity index (χ0n) is 17.8. The molecule has 1 aliphatic carbocycles. The number of ether oxygens (including phenoxy) is 1. The minimum Gasteiger partial charge on any atom is -0.497 e. The number of hydrogen-bond donors (Lipinski definition) is 0. The van der Waals surface area contributed by atoms with Gasteiger partial charge in [0.15, 0.2) is 0 Å². The van der Waals surface area contributed by atoms with Gasteiger partial charge in [-0.3, -0.25) is 14.2 Å². The molecule has 2 aliphatic rings. The number of para-hydroxylation sites is 1. The van der Waals surface area contributed by atoms with E-state index in [1.165, 1.54) is 0 Å². The summed E-state index contributed by atoms with van der Waals surface area (Å²) in [7, 11) is 1.65. The van der Waals surface area contributed by atoms with Crippen LogP contribution in [0.3, 0.4) is 0 Å². The molecule has 6 nitrogen and oxygen atoms in total. The average molecular weight is 418 g/mol. The fourth-order valence-corrected chi connectivity index (χ4v) is 5.22. The van der Waals surface area contributed by atoms with Crippen LogP contribution in [-0.2, 0) is 23.2 Å². The minimum absolute atomic E-state index is 0.0133. The van der Waals surface area contributed by atoms with Crippen LogP contribution in [0.15, 0.2) is 53.3 Å². The second kappa shape index (κ2) is 7.84. The number of amides is 1. The highest BCUT2D eigenvalue weighted by Gasteiger charge is 2.45. The molecule has 1 aliphatic heterocycles. The fraction of sp³-hybridized carbons (Fsp3) is 0.400. The molecule has 1 aromatic heterocycles. The van der Waals surface area contributed by atoms with Gasteiger partial charge in [-0.05, 0) is 42.7 Å². The van der Waals surface area contributed by atoms with Crippen molar-refractivity contribution in [2.45, 2.75) is 44.1 Å². The first-order valence-corrected chi connectivity index (χ1v) is 11.0. The van der Waals surface area contributed by atoms with Gasteiger partial charge in [-0.25, -0.2) is 4.98 Å². The van der Waals surface area contributed by atoms with Crippen LogP contribution < -0.4 is 10.3 Å². The average Bonchev–Trinajstić information content (AvgIpc) is 3.22. The number of fused-ring (bicyclic) bond motifs is 2. The Morgan fingerprint density at radius 3 is 2.48 bits per heavy atom. The molecule has 6 heteroatoms. The van der Waals surface area contributed by atoms with Crippen LogP contribution in [-0.4, -0.2) is 40.6 Å². The molecule has 5 rings (SSSR count). The smallest absolute Gasteiger partial charge is 0.261 e.